The average molecular weight is 317 g/mol. The highest BCUT2D eigenvalue weighted by Crippen LogP contribution is 2.46. The molecule has 0 aromatic heterocycles. The second-order valence-electron chi connectivity index (χ2n) is 3.08. The fraction of sp³-hybridized carbons (Fsp3) is 0.333. The van der Waals surface area contributed by atoms with E-state index in [-0.39, 0.29) is 0 Å². The molecule has 0 heterocycles. The Kier molecular flexibility index (Phi) is 5.94. The molecule has 0 unspecified atom stereocenters. The van der Waals surface area contributed by atoms with Gasteiger partial charge in [-0.3, -0.25) is 9.05 Å². The van der Waals surface area contributed by atoms with Gasteiger partial charge < -0.3 is 0 Å². The Morgan fingerprint density at radius 1 is 1.29 bits per heavy atom. The van der Waals surface area contributed by atoms with Crippen LogP contribution in [0.25, 0.3) is 0 Å². The minimum absolute atomic E-state index is 0.310. The summed E-state index contributed by atoms with van der Waals surface area (Å²) in [4.78, 5) is 0. The summed E-state index contributed by atoms with van der Waals surface area (Å²) >= 11 is 3.34. The maximum Gasteiger partial charge on any atom is 0.405 e. The lowest BCUT2D eigenvalue weighted by atomic mass is 10.2. The minimum Gasteiger partial charge on any atom is -0.300 e. The number of halogens is 1. The van der Waals surface area contributed by atoms with Crippen molar-refractivity contribution in [1.82, 2.24) is 0 Å². The van der Waals surface area contributed by atoms with Crippen LogP contribution in [0.5, 0.6) is 0 Å². The van der Waals surface area contributed by atoms with Crippen LogP contribution >= 0.6 is 23.5 Å². The van der Waals surface area contributed by atoms with Gasteiger partial charge in [0.1, 0.15) is 0 Å². The second kappa shape index (κ2) is 6.98. The van der Waals surface area contributed by atoms with Crippen LogP contribution in [0.4, 0.5) is 0 Å². The molecule has 0 saturated carbocycles. The van der Waals surface area contributed by atoms with Gasteiger partial charge in [0.25, 0.3) is 0 Å². The zero-order chi connectivity index (χ0) is 12.7. The number of hydrogen-bond donors (Lipinski definition) is 0. The predicted molar refractivity (Wildman–Crippen MR) is 71.9 cm³/mol. The van der Waals surface area contributed by atoms with Crippen LogP contribution in [0.3, 0.4) is 0 Å². The third-order valence-electron chi connectivity index (χ3n) is 1.76. The molecule has 3 nitrogen and oxygen atoms in total. The average Bonchev–Trinajstić information content (AvgIpc) is 2.27. The Hall–Kier alpha value is -0.590. The van der Waals surface area contributed by atoms with Gasteiger partial charge in [0.2, 0.25) is 0 Å². The van der Waals surface area contributed by atoms with Crippen molar-refractivity contribution in [2.45, 2.75) is 13.8 Å². The standard InChI is InChI=1S/C12H14BrO3P/c1-3-15-17(14,16-4-2)9-8-11-6-5-7-12(13)10-11/h5-7,10H,3-4H2,1-2H3. The first-order chi connectivity index (χ1) is 8.09. The van der Waals surface area contributed by atoms with Crippen LogP contribution < -0.4 is 0 Å². The molecule has 1 rings (SSSR count). The highest BCUT2D eigenvalue weighted by atomic mass is 79.9. The van der Waals surface area contributed by atoms with Gasteiger partial charge in [0, 0.05) is 15.7 Å². The summed E-state index contributed by atoms with van der Waals surface area (Å²) in [6.07, 6.45) is 0. The second-order valence-corrected chi connectivity index (χ2v) is 5.73. The molecule has 5 heteroatoms. The lowest BCUT2D eigenvalue weighted by molar-refractivity contribution is 0.230. The highest BCUT2D eigenvalue weighted by Gasteiger charge is 2.19. The van der Waals surface area contributed by atoms with Gasteiger partial charge in [-0.25, -0.2) is 4.57 Å². The van der Waals surface area contributed by atoms with Crippen molar-refractivity contribution in [2.75, 3.05) is 13.2 Å². The molecule has 17 heavy (non-hydrogen) atoms. The normalized spacial score (nSPS) is 10.8. The van der Waals surface area contributed by atoms with Crippen molar-refractivity contribution in [3.63, 3.8) is 0 Å². The van der Waals surface area contributed by atoms with Crippen molar-refractivity contribution in [2.24, 2.45) is 0 Å². The van der Waals surface area contributed by atoms with E-state index in [1.165, 1.54) is 0 Å². The number of rotatable bonds is 4. The van der Waals surface area contributed by atoms with Gasteiger partial charge in [-0.05, 0) is 32.0 Å². The molecule has 0 fully saturated rings. The van der Waals surface area contributed by atoms with Gasteiger partial charge >= 0.3 is 7.60 Å². The molecule has 0 amide bonds. The van der Waals surface area contributed by atoms with Crippen LogP contribution in [0, 0.1) is 11.6 Å². The van der Waals surface area contributed by atoms with Gasteiger partial charge in [0.15, 0.2) is 0 Å². The summed E-state index contributed by atoms with van der Waals surface area (Å²) in [7, 11) is -3.28. The molecule has 0 radical (unpaired) electrons. The molecular formula is C12H14BrO3P. The van der Waals surface area contributed by atoms with Crippen molar-refractivity contribution in [3.05, 3.63) is 34.3 Å². The molecule has 1 aromatic carbocycles. The maximum atomic E-state index is 12.0. The summed E-state index contributed by atoms with van der Waals surface area (Å²) in [5.74, 6) is 2.80. The van der Waals surface area contributed by atoms with E-state index in [1.807, 2.05) is 24.3 Å². The number of benzene rings is 1. The molecule has 0 atom stereocenters. The first kappa shape index (κ1) is 14.5. The van der Waals surface area contributed by atoms with E-state index in [1.54, 1.807) is 13.8 Å². The van der Waals surface area contributed by atoms with E-state index < -0.39 is 7.60 Å². The molecule has 1 aromatic rings. The third kappa shape index (κ3) is 5.06. The fourth-order valence-corrected chi connectivity index (χ4v) is 2.69. The lowest BCUT2D eigenvalue weighted by Gasteiger charge is -2.09. The number of hydrogen-bond acceptors (Lipinski definition) is 3. The van der Waals surface area contributed by atoms with Crippen molar-refractivity contribution in [3.8, 4) is 11.6 Å². The summed E-state index contributed by atoms with van der Waals surface area (Å²) in [5.41, 5.74) is 3.34. The van der Waals surface area contributed by atoms with Crippen LogP contribution in [0.1, 0.15) is 19.4 Å². The lowest BCUT2D eigenvalue weighted by Crippen LogP contribution is -1.93. The van der Waals surface area contributed by atoms with Gasteiger partial charge in [-0.15, -0.1) is 0 Å². The molecule has 0 saturated heterocycles. The van der Waals surface area contributed by atoms with Crippen LogP contribution in [-0.2, 0) is 13.6 Å². The Balaban J connectivity index is 2.91. The molecule has 0 spiro atoms. The summed E-state index contributed by atoms with van der Waals surface area (Å²) in [6.45, 7) is 4.13. The Morgan fingerprint density at radius 2 is 1.94 bits per heavy atom. The Morgan fingerprint density at radius 3 is 2.47 bits per heavy atom. The largest absolute Gasteiger partial charge is 0.405 e. The predicted octanol–water partition coefficient (Wildman–Crippen LogP) is 4.02. The van der Waals surface area contributed by atoms with Gasteiger partial charge in [-0.1, -0.05) is 27.9 Å². The summed E-state index contributed by atoms with van der Waals surface area (Å²) in [6, 6.07) is 7.44. The van der Waals surface area contributed by atoms with E-state index >= 15 is 0 Å². The fourth-order valence-electron chi connectivity index (χ4n) is 1.14. The highest BCUT2D eigenvalue weighted by molar-refractivity contribution is 9.10. The van der Waals surface area contributed by atoms with E-state index in [4.69, 9.17) is 9.05 Å². The molecule has 0 aliphatic rings. The summed E-state index contributed by atoms with van der Waals surface area (Å²) in [5, 5.41) is 0. The molecule has 0 bridgehead atoms. The Bertz CT molecular complexity index is 466. The van der Waals surface area contributed by atoms with E-state index in [2.05, 4.69) is 27.5 Å². The van der Waals surface area contributed by atoms with Gasteiger partial charge in [0.05, 0.1) is 13.2 Å². The van der Waals surface area contributed by atoms with Crippen LogP contribution in [0.15, 0.2) is 28.7 Å². The van der Waals surface area contributed by atoms with Crippen molar-refractivity contribution in [1.29, 1.82) is 0 Å². The van der Waals surface area contributed by atoms with Crippen LogP contribution in [-0.4, -0.2) is 13.2 Å². The maximum absolute atomic E-state index is 12.0. The zero-order valence-corrected chi connectivity index (χ0v) is 12.3. The topological polar surface area (TPSA) is 35.5 Å². The first-order valence-corrected chi connectivity index (χ1v) is 7.61. The molecule has 0 aliphatic heterocycles. The smallest absolute Gasteiger partial charge is 0.300 e. The third-order valence-corrected chi connectivity index (χ3v) is 3.84. The quantitative estimate of drug-likeness (QED) is 0.621. The first-order valence-electron chi connectivity index (χ1n) is 5.27. The molecule has 0 N–H and O–H groups in total. The van der Waals surface area contributed by atoms with Crippen molar-refractivity contribution < 1.29 is 13.6 Å². The molecular weight excluding hydrogens is 303 g/mol. The zero-order valence-electron chi connectivity index (χ0n) is 9.77. The van der Waals surface area contributed by atoms with Gasteiger partial charge in [-0.2, -0.15) is 0 Å². The Labute approximate surface area is 110 Å². The van der Waals surface area contributed by atoms with E-state index in [0.29, 0.717) is 13.2 Å². The van der Waals surface area contributed by atoms with E-state index in [9.17, 15) is 4.57 Å². The molecule has 92 valence electrons. The minimum atomic E-state index is -3.28. The SMILES string of the molecule is CCOP(=O)(C#Cc1cccc(Br)c1)OCC. The molecule has 0 aliphatic carbocycles. The van der Waals surface area contributed by atoms with E-state index in [0.717, 1.165) is 10.0 Å². The monoisotopic (exact) mass is 316 g/mol. The van der Waals surface area contributed by atoms with Crippen molar-refractivity contribution >= 4 is 23.5 Å². The van der Waals surface area contributed by atoms with Crippen LogP contribution in [0.2, 0.25) is 0 Å². The summed E-state index contributed by atoms with van der Waals surface area (Å²) < 4.78 is 23.1.